The average molecular weight is 503 g/mol. The predicted molar refractivity (Wildman–Crippen MR) is 119 cm³/mol. The second-order valence-corrected chi connectivity index (χ2v) is 8.17. The van der Waals surface area contributed by atoms with E-state index in [2.05, 4.69) is 15.5 Å². The van der Waals surface area contributed by atoms with Crippen LogP contribution in [0.2, 0.25) is 0 Å². The number of aliphatic hydroxyl groups excluding tert-OH is 1. The highest BCUT2D eigenvalue weighted by molar-refractivity contribution is 5.82. The quantitative estimate of drug-likeness (QED) is 0.0905. The van der Waals surface area contributed by atoms with Crippen LogP contribution in [0.25, 0.3) is 0 Å². The van der Waals surface area contributed by atoms with E-state index in [1.165, 1.54) is 7.11 Å². The summed E-state index contributed by atoms with van der Waals surface area (Å²) in [6.07, 6.45) is -3.52. The van der Waals surface area contributed by atoms with Crippen LogP contribution in [0.4, 0.5) is 4.79 Å². The standard InChI is InChI=1S/C22H34N2O11/c1-21(2,3)34-20(28)24-17(18(26)31-5)22(29,33-14-30-4)19(27)35-23-12-11-16(25)32-13-15-9-7-6-8-10-15/h6-10,17,19,23,27,29H,11-14H2,1-5H3,(H,24,28)/t17-,19?,22-/m1/s1. The van der Waals surface area contributed by atoms with E-state index in [0.717, 1.165) is 12.7 Å². The third kappa shape index (κ3) is 11.0. The molecule has 0 aliphatic rings. The van der Waals surface area contributed by atoms with Crippen molar-refractivity contribution in [1.82, 2.24) is 10.8 Å². The van der Waals surface area contributed by atoms with Crippen LogP contribution < -0.4 is 10.8 Å². The lowest BCUT2D eigenvalue weighted by Crippen LogP contribution is -2.66. The van der Waals surface area contributed by atoms with Crippen LogP contribution in [-0.2, 0) is 44.7 Å². The Morgan fingerprint density at radius 2 is 1.74 bits per heavy atom. The number of esters is 2. The molecule has 0 bridgehead atoms. The third-order valence-electron chi connectivity index (χ3n) is 4.14. The molecule has 0 fully saturated rings. The molecule has 0 heterocycles. The Morgan fingerprint density at radius 3 is 2.31 bits per heavy atom. The summed E-state index contributed by atoms with van der Waals surface area (Å²) in [5, 5.41) is 23.5. The molecule has 1 amide bonds. The van der Waals surface area contributed by atoms with E-state index in [0.29, 0.717) is 0 Å². The summed E-state index contributed by atoms with van der Waals surface area (Å²) in [5.41, 5.74) is 2.16. The van der Waals surface area contributed by atoms with Gasteiger partial charge in [0, 0.05) is 13.7 Å². The maximum absolute atomic E-state index is 12.3. The Labute approximate surface area is 203 Å². The lowest BCUT2D eigenvalue weighted by molar-refractivity contribution is -0.359. The van der Waals surface area contributed by atoms with Gasteiger partial charge < -0.3 is 39.2 Å². The first-order chi connectivity index (χ1) is 16.4. The molecule has 1 aromatic rings. The van der Waals surface area contributed by atoms with Gasteiger partial charge in [0.15, 0.2) is 6.04 Å². The fraction of sp³-hybridized carbons (Fsp3) is 0.591. The Bertz CT molecular complexity index is 800. The lowest BCUT2D eigenvalue weighted by atomic mass is 10.1. The summed E-state index contributed by atoms with van der Waals surface area (Å²) in [5.74, 6) is -4.62. The number of rotatable bonds is 14. The minimum Gasteiger partial charge on any atom is -0.467 e. The number of carbonyl (C=O) groups excluding carboxylic acids is 3. The fourth-order valence-electron chi connectivity index (χ4n) is 2.51. The summed E-state index contributed by atoms with van der Waals surface area (Å²) < 4.78 is 24.6. The number of carbonyl (C=O) groups is 3. The molecule has 0 aliphatic carbocycles. The minimum atomic E-state index is -2.89. The number of amides is 1. The van der Waals surface area contributed by atoms with Gasteiger partial charge >= 0.3 is 18.0 Å². The van der Waals surface area contributed by atoms with Crippen LogP contribution in [0.5, 0.6) is 0 Å². The first-order valence-electron chi connectivity index (χ1n) is 10.6. The van der Waals surface area contributed by atoms with Gasteiger partial charge in [-0.25, -0.2) is 9.59 Å². The van der Waals surface area contributed by atoms with Crippen molar-refractivity contribution in [3.05, 3.63) is 35.9 Å². The molecular formula is C22H34N2O11. The highest BCUT2D eigenvalue weighted by atomic mass is 16.8. The van der Waals surface area contributed by atoms with Crippen molar-refractivity contribution < 1.29 is 53.1 Å². The van der Waals surface area contributed by atoms with Crippen molar-refractivity contribution in [2.45, 2.75) is 57.5 Å². The number of methoxy groups -OCH3 is 2. The molecule has 13 heteroatoms. The highest BCUT2D eigenvalue weighted by Crippen LogP contribution is 2.21. The molecule has 1 unspecified atom stereocenters. The average Bonchev–Trinajstić information content (AvgIpc) is 2.81. The van der Waals surface area contributed by atoms with Gasteiger partial charge in [-0.3, -0.25) is 9.63 Å². The lowest BCUT2D eigenvalue weighted by Gasteiger charge is -2.37. The summed E-state index contributed by atoms with van der Waals surface area (Å²) in [6.45, 7) is 4.10. The summed E-state index contributed by atoms with van der Waals surface area (Å²) in [7, 11) is 2.22. The zero-order chi connectivity index (χ0) is 26.5. The molecule has 0 saturated carbocycles. The van der Waals surface area contributed by atoms with E-state index in [1.807, 2.05) is 18.2 Å². The molecule has 3 atom stereocenters. The molecule has 1 rings (SSSR count). The van der Waals surface area contributed by atoms with Crippen molar-refractivity contribution in [1.29, 1.82) is 0 Å². The van der Waals surface area contributed by atoms with Gasteiger partial charge in [-0.15, -0.1) is 0 Å². The maximum atomic E-state index is 12.3. The van der Waals surface area contributed by atoms with Gasteiger partial charge in [-0.2, -0.15) is 5.48 Å². The van der Waals surface area contributed by atoms with E-state index in [1.54, 1.807) is 32.9 Å². The Hall–Kier alpha value is -2.81. The van der Waals surface area contributed by atoms with Crippen LogP contribution in [0.3, 0.4) is 0 Å². The van der Waals surface area contributed by atoms with Crippen LogP contribution in [0, 0.1) is 0 Å². The van der Waals surface area contributed by atoms with Crippen molar-refractivity contribution in [2.75, 3.05) is 27.6 Å². The molecule has 1 aromatic carbocycles. The number of hydrogen-bond donors (Lipinski definition) is 4. The fourth-order valence-corrected chi connectivity index (χ4v) is 2.51. The Kier molecular flexibility index (Phi) is 12.6. The Morgan fingerprint density at radius 1 is 1.09 bits per heavy atom. The summed E-state index contributed by atoms with van der Waals surface area (Å²) in [4.78, 5) is 41.3. The zero-order valence-corrected chi connectivity index (χ0v) is 20.4. The number of benzene rings is 1. The monoisotopic (exact) mass is 502 g/mol. The third-order valence-corrected chi connectivity index (χ3v) is 4.14. The molecule has 0 aromatic heterocycles. The normalized spacial score (nSPS) is 14.8. The van der Waals surface area contributed by atoms with E-state index >= 15 is 0 Å². The number of ether oxygens (including phenoxy) is 5. The van der Waals surface area contributed by atoms with E-state index in [4.69, 9.17) is 23.8 Å². The van der Waals surface area contributed by atoms with Crippen LogP contribution in [0.15, 0.2) is 30.3 Å². The van der Waals surface area contributed by atoms with Crippen molar-refractivity contribution >= 4 is 18.0 Å². The van der Waals surface area contributed by atoms with Crippen molar-refractivity contribution in [2.24, 2.45) is 0 Å². The van der Waals surface area contributed by atoms with Crippen LogP contribution >= 0.6 is 0 Å². The highest BCUT2D eigenvalue weighted by Gasteiger charge is 2.52. The minimum absolute atomic E-state index is 0.0882. The topological polar surface area (TPSA) is 171 Å². The van der Waals surface area contributed by atoms with Gasteiger partial charge in [0.25, 0.3) is 5.79 Å². The molecule has 13 nitrogen and oxygen atoms in total. The largest absolute Gasteiger partial charge is 0.467 e. The second kappa shape index (κ2) is 14.6. The van der Waals surface area contributed by atoms with E-state index in [-0.39, 0.29) is 19.6 Å². The van der Waals surface area contributed by atoms with Crippen molar-refractivity contribution in [3.63, 3.8) is 0 Å². The van der Waals surface area contributed by atoms with Crippen molar-refractivity contribution in [3.8, 4) is 0 Å². The van der Waals surface area contributed by atoms with Crippen LogP contribution in [-0.4, -0.2) is 79.5 Å². The first kappa shape index (κ1) is 30.2. The molecule has 198 valence electrons. The molecular weight excluding hydrogens is 468 g/mol. The maximum Gasteiger partial charge on any atom is 0.408 e. The second-order valence-electron chi connectivity index (χ2n) is 8.17. The summed E-state index contributed by atoms with van der Waals surface area (Å²) in [6, 6.07) is 7.07. The number of hydrogen-bond acceptors (Lipinski definition) is 12. The zero-order valence-electron chi connectivity index (χ0n) is 20.4. The number of hydroxylamine groups is 1. The molecule has 0 radical (unpaired) electrons. The smallest absolute Gasteiger partial charge is 0.408 e. The van der Waals surface area contributed by atoms with Crippen LogP contribution in [0.1, 0.15) is 32.8 Å². The molecule has 35 heavy (non-hydrogen) atoms. The number of nitrogens with one attached hydrogen (secondary N) is 2. The first-order valence-corrected chi connectivity index (χ1v) is 10.6. The number of aliphatic hydroxyl groups is 2. The Balaban J connectivity index is 2.74. The van der Waals surface area contributed by atoms with E-state index < -0.39 is 48.5 Å². The predicted octanol–water partition coefficient (Wildman–Crippen LogP) is 0.335. The number of alkyl carbamates (subject to hydrolysis) is 1. The molecule has 0 aliphatic heterocycles. The molecule has 0 spiro atoms. The van der Waals surface area contributed by atoms with Gasteiger partial charge in [-0.05, 0) is 26.3 Å². The summed E-state index contributed by atoms with van der Waals surface area (Å²) >= 11 is 0. The van der Waals surface area contributed by atoms with Gasteiger partial charge in [0.1, 0.15) is 19.0 Å². The van der Waals surface area contributed by atoms with Gasteiger partial charge in [0.2, 0.25) is 6.29 Å². The molecule has 0 saturated heterocycles. The van der Waals surface area contributed by atoms with Gasteiger partial charge in [0.05, 0.1) is 13.5 Å². The van der Waals surface area contributed by atoms with Gasteiger partial charge in [-0.1, -0.05) is 30.3 Å². The molecule has 4 N–H and O–H groups in total. The van der Waals surface area contributed by atoms with E-state index in [9.17, 15) is 24.6 Å². The SMILES string of the molecule is COCO[C@@](O)(C(O)ONCCC(=O)OCc1ccccc1)[C@H](NC(=O)OC(C)(C)C)C(=O)OC.